The molecule has 2 aliphatic carbocycles. The van der Waals surface area contributed by atoms with Crippen molar-refractivity contribution in [3.05, 3.63) is 0 Å². The van der Waals surface area contributed by atoms with Gasteiger partial charge in [0.2, 0.25) is 0 Å². The van der Waals surface area contributed by atoms with Gasteiger partial charge in [-0.25, -0.2) is 0 Å². The number of hydrogen-bond donors (Lipinski definition) is 0. The lowest BCUT2D eigenvalue weighted by atomic mass is 9.71. The highest BCUT2D eigenvalue weighted by Gasteiger charge is 2.28. The summed E-state index contributed by atoms with van der Waals surface area (Å²) in [4.78, 5) is 0. The third-order valence-corrected chi connectivity index (χ3v) is 5.21. The van der Waals surface area contributed by atoms with Crippen molar-refractivity contribution >= 4 is 9.24 Å². The van der Waals surface area contributed by atoms with Gasteiger partial charge in [-0.2, -0.15) is 0 Å². The van der Waals surface area contributed by atoms with Crippen LogP contribution in [-0.4, -0.2) is 5.66 Å². The van der Waals surface area contributed by atoms with E-state index < -0.39 is 0 Å². The molecule has 0 aliphatic heterocycles. The van der Waals surface area contributed by atoms with Gasteiger partial charge in [0.25, 0.3) is 0 Å². The van der Waals surface area contributed by atoms with Crippen LogP contribution in [0, 0.1) is 17.8 Å². The first-order chi connectivity index (χ1) is 7.75. The highest BCUT2D eigenvalue weighted by atomic mass is 31.0. The summed E-state index contributed by atoms with van der Waals surface area (Å²) in [5, 5.41) is 0. The van der Waals surface area contributed by atoms with Crippen LogP contribution in [-0.2, 0) is 0 Å². The predicted octanol–water partition coefficient (Wildman–Crippen LogP) is 5.27. The second kappa shape index (κ2) is 7.70. The monoisotopic (exact) mass is 242 g/mol. The fourth-order valence-electron chi connectivity index (χ4n) is 3.37. The Hall–Kier alpha value is 0.430. The lowest BCUT2D eigenvalue weighted by Crippen LogP contribution is -2.25. The molecule has 0 amide bonds. The summed E-state index contributed by atoms with van der Waals surface area (Å²) >= 11 is 0. The van der Waals surface area contributed by atoms with E-state index in [9.17, 15) is 0 Å². The Kier molecular flexibility index (Phi) is 6.97. The molecular formula is C15H31P. The van der Waals surface area contributed by atoms with E-state index >= 15 is 0 Å². The quantitative estimate of drug-likeness (QED) is 0.549. The molecule has 2 saturated carbocycles. The number of rotatable bonds is 1. The summed E-state index contributed by atoms with van der Waals surface area (Å²) in [6, 6.07) is 0. The third kappa shape index (κ3) is 4.36. The molecule has 0 heterocycles. The number of hydrogen-bond acceptors (Lipinski definition) is 0. The molecule has 0 saturated heterocycles. The Morgan fingerprint density at radius 1 is 0.688 bits per heavy atom. The summed E-state index contributed by atoms with van der Waals surface area (Å²) in [7, 11) is 3.02. The molecule has 2 rings (SSSR count). The Morgan fingerprint density at radius 2 is 1.06 bits per heavy atom. The molecule has 1 unspecified atom stereocenters. The van der Waals surface area contributed by atoms with Crippen LogP contribution in [0.1, 0.15) is 72.1 Å². The Morgan fingerprint density at radius 3 is 1.50 bits per heavy atom. The normalized spacial score (nSPS) is 39.8. The summed E-state index contributed by atoms with van der Waals surface area (Å²) in [6.45, 7) is 6.43. The van der Waals surface area contributed by atoms with Crippen molar-refractivity contribution in [1.29, 1.82) is 0 Å². The van der Waals surface area contributed by atoms with Crippen molar-refractivity contribution in [3.8, 4) is 0 Å². The van der Waals surface area contributed by atoms with Crippen LogP contribution >= 0.6 is 9.24 Å². The van der Waals surface area contributed by atoms with Crippen molar-refractivity contribution in [3.63, 3.8) is 0 Å². The predicted molar refractivity (Wildman–Crippen MR) is 77.9 cm³/mol. The zero-order chi connectivity index (χ0) is 12.0. The fraction of sp³-hybridized carbons (Fsp3) is 1.00. The zero-order valence-corrected chi connectivity index (χ0v) is 12.7. The smallest absolute Gasteiger partial charge is 0.0264 e. The molecule has 1 heteroatoms. The Labute approximate surface area is 105 Å². The average Bonchev–Trinajstić information content (AvgIpc) is 2.34. The SMILES string of the molecule is CC.CC1CCC(C2CCC(P)CC2)CC1. The summed E-state index contributed by atoms with van der Waals surface area (Å²) < 4.78 is 0. The van der Waals surface area contributed by atoms with Crippen LogP contribution in [0.15, 0.2) is 0 Å². The van der Waals surface area contributed by atoms with Gasteiger partial charge in [0, 0.05) is 0 Å². The van der Waals surface area contributed by atoms with E-state index in [1.54, 1.807) is 0 Å². The molecule has 0 N–H and O–H groups in total. The van der Waals surface area contributed by atoms with Crippen LogP contribution < -0.4 is 0 Å². The standard InChI is InChI=1S/C13H25P.C2H6/c1-10-2-4-11(5-3-10)12-6-8-13(14)9-7-12;1-2/h10-13H,2-9,14H2,1H3;1-2H3. The molecule has 2 fully saturated rings. The molecule has 0 nitrogen and oxygen atoms in total. The van der Waals surface area contributed by atoms with Gasteiger partial charge in [0.15, 0.2) is 0 Å². The molecule has 1 atom stereocenters. The minimum Gasteiger partial charge on any atom is -0.134 e. The molecule has 96 valence electrons. The molecule has 0 aromatic heterocycles. The van der Waals surface area contributed by atoms with Crippen molar-refractivity contribution in [2.75, 3.05) is 0 Å². The molecule has 0 bridgehead atoms. The maximum absolute atomic E-state index is 3.02. The molecule has 2 aliphatic rings. The topological polar surface area (TPSA) is 0 Å². The molecular weight excluding hydrogens is 211 g/mol. The van der Waals surface area contributed by atoms with Crippen molar-refractivity contribution in [2.45, 2.75) is 77.8 Å². The van der Waals surface area contributed by atoms with Crippen LogP contribution in [0.2, 0.25) is 0 Å². The summed E-state index contributed by atoms with van der Waals surface area (Å²) in [5.74, 6) is 3.22. The minimum atomic E-state index is 0.939. The highest BCUT2D eigenvalue weighted by Crippen LogP contribution is 2.40. The van der Waals surface area contributed by atoms with E-state index in [-0.39, 0.29) is 0 Å². The average molecular weight is 242 g/mol. The molecule has 0 spiro atoms. The van der Waals surface area contributed by atoms with Gasteiger partial charge in [0.1, 0.15) is 0 Å². The van der Waals surface area contributed by atoms with E-state index in [2.05, 4.69) is 16.2 Å². The fourth-order valence-corrected chi connectivity index (χ4v) is 3.76. The third-order valence-electron chi connectivity index (χ3n) is 4.54. The van der Waals surface area contributed by atoms with E-state index in [0.29, 0.717) is 0 Å². The highest BCUT2D eigenvalue weighted by molar-refractivity contribution is 7.17. The van der Waals surface area contributed by atoms with Crippen LogP contribution in [0.3, 0.4) is 0 Å². The molecule has 16 heavy (non-hydrogen) atoms. The molecule has 0 aromatic rings. The van der Waals surface area contributed by atoms with E-state index in [1.807, 2.05) is 13.8 Å². The summed E-state index contributed by atoms with van der Waals surface area (Å²) in [5.41, 5.74) is 0.939. The first-order valence-electron chi connectivity index (χ1n) is 7.51. The largest absolute Gasteiger partial charge is 0.134 e. The van der Waals surface area contributed by atoms with Gasteiger partial charge < -0.3 is 0 Å². The van der Waals surface area contributed by atoms with Gasteiger partial charge in [-0.05, 0) is 61.9 Å². The second-order valence-electron chi connectivity index (χ2n) is 5.69. The van der Waals surface area contributed by atoms with Crippen molar-refractivity contribution < 1.29 is 0 Å². The first kappa shape index (κ1) is 14.5. The van der Waals surface area contributed by atoms with Gasteiger partial charge in [-0.1, -0.05) is 33.6 Å². The van der Waals surface area contributed by atoms with Gasteiger partial charge in [0.05, 0.1) is 0 Å². The molecule has 0 aromatic carbocycles. The molecule has 0 radical (unpaired) electrons. The lowest BCUT2D eigenvalue weighted by molar-refractivity contribution is 0.174. The van der Waals surface area contributed by atoms with Crippen LogP contribution in [0.4, 0.5) is 0 Å². The summed E-state index contributed by atoms with van der Waals surface area (Å²) in [6.07, 6.45) is 12.1. The maximum Gasteiger partial charge on any atom is -0.0264 e. The van der Waals surface area contributed by atoms with E-state index in [1.165, 1.54) is 51.4 Å². The zero-order valence-electron chi connectivity index (χ0n) is 11.5. The van der Waals surface area contributed by atoms with Gasteiger partial charge >= 0.3 is 0 Å². The van der Waals surface area contributed by atoms with E-state index in [4.69, 9.17) is 0 Å². The van der Waals surface area contributed by atoms with Crippen molar-refractivity contribution in [2.24, 2.45) is 17.8 Å². The van der Waals surface area contributed by atoms with Gasteiger partial charge in [-0.3, -0.25) is 0 Å². The van der Waals surface area contributed by atoms with Gasteiger partial charge in [-0.15, -0.1) is 9.24 Å². The van der Waals surface area contributed by atoms with Crippen molar-refractivity contribution in [1.82, 2.24) is 0 Å². The Balaban J connectivity index is 0.000000606. The lowest BCUT2D eigenvalue weighted by Gasteiger charge is -2.36. The van der Waals surface area contributed by atoms with Crippen LogP contribution in [0.25, 0.3) is 0 Å². The first-order valence-corrected chi connectivity index (χ1v) is 8.18. The second-order valence-corrected chi connectivity index (χ2v) is 6.64. The van der Waals surface area contributed by atoms with Crippen LogP contribution in [0.5, 0.6) is 0 Å². The Bertz CT molecular complexity index is 142. The maximum atomic E-state index is 3.02. The minimum absolute atomic E-state index is 0.939. The van der Waals surface area contributed by atoms with E-state index in [0.717, 1.165) is 23.4 Å².